The number of esters is 1. The van der Waals surface area contributed by atoms with Crippen LogP contribution in [0.1, 0.15) is 65.7 Å². The Kier molecular flexibility index (Phi) is 9.47. The van der Waals surface area contributed by atoms with Gasteiger partial charge in [-0.3, -0.25) is 5.32 Å². The summed E-state index contributed by atoms with van der Waals surface area (Å²) in [5, 5.41) is 2.90. The molecular formula is C30H36N2O6. The van der Waals surface area contributed by atoms with Gasteiger partial charge in [0.15, 0.2) is 0 Å². The molecule has 8 heteroatoms. The van der Waals surface area contributed by atoms with Gasteiger partial charge in [0.1, 0.15) is 17.0 Å². The summed E-state index contributed by atoms with van der Waals surface area (Å²) < 4.78 is 21.9. The molecular weight excluding hydrogens is 484 g/mol. The zero-order valence-corrected chi connectivity index (χ0v) is 23.0. The summed E-state index contributed by atoms with van der Waals surface area (Å²) in [6.45, 7) is 7.45. The van der Waals surface area contributed by atoms with Gasteiger partial charge in [0.25, 0.3) is 0 Å². The second kappa shape index (κ2) is 12.6. The van der Waals surface area contributed by atoms with Gasteiger partial charge < -0.3 is 18.9 Å². The first-order chi connectivity index (χ1) is 18.1. The number of rotatable bonds is 9. The van der Waals surface area contributed by atoms with Crippen LogP contribution in [0.2, 0.25) is 0 Å². The van der Waals surface area contributed by atoms with Crippen LogP contribution in [-0.4, -0.2) is 44.0 Å². The smallest absolute Gasteiger partial charge is 0.412 e. The molecule has 8 nitrogen and oxygen atoms in total. The lowest BCUT2D eigenvalue weighted by atomic mass is 9.83. The summed E-state index contributed by atoms with van der Waals surface area (Å²) in [5.74, 6) is -0.242. The van der Waals surface area contributed by atoms with Gasteiger partial charge in [-0.25, -0.2) is 14.6 Å². The maximum atomic E-state index is 12.8. The Morgan fingerprint density at radius 3 is 2.32 bits per heavy atom. The number of carbonyl (C=O) groups is 2. The molecule has 0 radical (unpaired) electrons. The van der Waals surface area contributed by atoms with Crippen LogP contribution in [0.5, 0.6) is 5.75 Å². The van der Waals surface area contributed by atoms with E-state index in [0.717, 1.165) is 16.7 Å². The van der Waals surface area contributed by atoms with Crippen LogP contribution in [0, 0.1) is 6.92 Å². The standard InChI is InChI=1S/C30H36N2O6/c1-19-11-8-9-13-22(19)27(36-6)24(17-20-12-10-14-25(31-20)28(33)37-7)23-16-15-21(35-5)18-26(23)32-29(34)38-30(2,3)4/h8-16,18,24,27H,17H2,1-7H3,(H,32,34). The molecule has 38 heavy (non-hydrogen) atoms. The van der Waals surface area contributed by atoms with Crippen LogP contribution in [0.4, 0.5) is 10.5 Å². The predicted molar refractivity (Wildman–Crippen MR) is 146 cm³/mol. The van der Waals surface area contributed by atoms with Crippen molar-refractivity contribution in [2.45, 2.75) is 51.7 Å². The first-order valence-corrected chi connectivity index (χ1v) is 12.4. The monoisotopic (exact) mass is 520 g/mol. The number of hydrogen-bond acceptors (Lipinski definition) is 7. The van der Waals surface area contributed by atoms with Crippen molar-refractivity contribution >= 4 is 17.7 Å². The summed E-state index contributed by atoms with van der Waals surface area (Å²) in [5.41, 5.74) is 3.62. The molecule has 0 spiro atoms. The van der Waals surface area contributed by atoms with Crippen molar-refractivity contribution in [3.05, 3.63) is 88.7 Å². The summed E-state index contributed by atoms with van der Waals surface area (Å²) in [6.07, 6.45) is -0.568. The van der Waals surface area contributed by atoms with Crippen LogP contribution in [0.3, 0.4) is 0 Å². The van der Waals surface area contributed by atoms with Crippen molar-refractivity contribution in [3.8, 4) is 5.75 Å². The second-order valence-electron chi connectivity index (χ2n) is 9.91. The zero-order valence-electron chi connectivity index (χ0n) is 23.0. The first-order valence-electron chi connectivity index (χ1n) is 12.4. The minimum atomic E-state index is -0.670. The molecule has 0 aliphatic rings. The molecule has 1 aromatic heterocycles. The number of amides is 1. The summed E-state index contributed by atoms with van der Waals surface area (Å²) in [7, 11) is 4.55. The van der Waals surface area contributed by atoms with Crippen molar-refractivity contribution in [3.63, 3.8) is 0 Å². The Bertz CT molecular complexity index is 1270. The van der Waals surface area contributed by atoms with E-state index in [9.17, 15) is 9.59 Å². The van der Waals surface area contributed by atoms with E-state index < -0.39 is 23.8 Å². The van der Waals surface area contributed by atoms with Gasteiger partial charge in [0.05, 0.1) is 26.0 Å². The van der Waals surface area contributed by atoms with Crippen LogP contribution >= 0.6 is 0 Å². The lowest BCUT2D eigenvalue weighted by Gasteiger charge is -2.30. The van der Waals surface area contributed by atoms with E-state index in [0.29, 0.717) is 23.6 Å². The average Bonchev–Trinajstić information content (AvgIpc) is 2.88. The van der Waals surface area contributed by atoms with E-state index in [1.54, 1.807) is 53.2 Å². The minimum Gasteiger partial charge on any atom is -0.497 e. The number of methoxy groups -OCH3 is 3. The molecule has 3 aromatic rings. The van der Waals surface area contributed by atoms with Crippen LogP contribution < -0.4 is 10.1 Å². The number of ether oxygens (including phenoxy) is 4. The molecule has 0 aliphatic carbocycles. The number of benzene rings is 2. The van der Waals surface area contributed by atoms with Crippen molar-refractivity contribution in [1.29, 1.82) is 0 Å². The van der Waals surface area contributed by atoms with Gasteiger partial charge in [-0.15, -0.1) is 0 Å². The van der Waals surface area contributed by atoms with E-state index in [1.807, 2.05) is 49.4 Å². The number of anilines is 1. The number of nitrogens with one attached hydrogen (secondary N) is 1. The molecule has 2 aromatic carbocycles. The molecule has 2 unspecified atom stereocenters. The Balaban J connectivity index is 2.15. The van der Waals surface area contributed by atoms with Crippen molar-refractivity contribution in [1.82, 2.24) is 4.98 Å². The van der Waals surface area contributed by atoms with E-state index in [4.69, 9.17) is 18.9 Å². The van der Waals surface area contributed by atoms with Gasteiger partial charge in [0.2, 0.25) is 0 Å². The molecule has 3 rings (SSSR count). The highest BCUT2D eigenvalue weighted by atomic mass is 16.6. The molecule has 2 atom stereocenters. The van der Waals surface area contributed by atoms with Crippen molar-refractivity contribution in [2.75, 3.05) is 26.6 Å². The number of nitrogens with zero attached hydrogens (tertiary/aromatic N) is 1. The molecule has 0 saturated carbocycles. The van der Waals surface area contributed by atoms with Gasteiger partial charge in [-0.05, 0) is 69.0 Å². The Hall–Kier alpha value is -3.91. The third-order valence-corrected chi connectivity index (χ3v) is 6.04. The van der Waals surface area contributed by atoms with Crippen molar-refractivity contribution in [2.24, 2.45) is 0 Å². The number of pyridine rings is 1. The number of aryl methyl sites for hydroxylation is 1. The van der Waals surface area contributed by atoms with Crippen LogP contribution in [-0.2, 0) is 20.6 Å². The molecule has 1 heterocycles. The van der Waals surface area contributed by atoms with E-state index >= 15 is 0 Å². The topological polar surface area (TPSA) is 96.0 Å². The highest BCUT2D eigenvalue weighted by Gasteiger charge is 2.30. The van der Waals surface area contributed by atoms with Crippen LogP contribution in [0.25, 0.3) is 0 Å². The lowest BCUT2D eigenvalue weighted by molar-refractivity contribution is 0.0590. The summed E-state index contributed by atoms with van der Waals surface area (Å²) in [6, 6.07) is 18.7. The Morgan fingerprint density at radius 1 is 0.947 bits per heavy atom. The van der Waals surface area contributed by atoms with Gasteiger partial charge >= 0.3 is 12.1 Å². The van der Waals surface area contributed by atoms with E-state index in [-0.39, 0.29) is 11.6 Å². The third kappa shape index (κ3) is 7.32. The largest absolute Gasteiger partial charge is 0.497 e. The molecule has 1 N–H and O–H groups in total. The maximum Gasteiger partial charge on any atom is 0.412 e. The summed E-state index contributed by atoms with van der Waals surface area (Å²) >= 11 is 0. The average molecular weight is 521 g/mol. The molecule has 0 fully saturated rings. The van der Waals surface area contributed by atoms with E-state index in [2.05, 4.69) is 10.3 Å². The maximum absolute atomic E-state index is 12.8. The lowest BCUT2D eigenvalue weighted by Crippen LogP contribution is -2.28. The number of hydrogen-bond donors (Lipinski definition) is 1. The highest BCUT2D eigenvalue weighted by Crippen LogP contribution is 2.41. The fraction of sp³-hybridized carbons (Fsp3) is 0.367. The molecule has 202 valence electrons. The van der Waals surface area contributed by atoms with Crippen molar-refractivity contribution < 1.29 is 28.5 Å². The third-order valence-electron chi connectivity index (χ3n) is 6.04. The van der Waals surface area contributed by atoms with Gasteiger partial charge in [-0.1, -0.05) is 36.4 Å². The first kappa shape index (κ1) is 28.7. The zero-order chi connectivity index (χ0) is 27.9. The van der Waals surface area contributed by atoms with Gasteiger partial charge in [0, 0.05) is 24.8 Å². The SMILES string of the molecule is COC(=O)c1cccc(CC(c2ccc(OC)cc2NC(=O)OC(C)(C)C)C(OC)c2ccccc2C)n1. The molecule has 0 saturated heterocycles. The Labute approximate surface area is 224 Å². The predicted octanol–water partition coefficient (Wildman–Crippen LogP) is 6.25. The van der Waals surface area contributed by atoms with Crippen LogP contribution in [0.15, 0.2) is 60.7 Å². The Morgan fingerprint density at radius 2 is 1.68 bits per heavy atom. The number of carbonyl (C=O) groups excluding carboxylic acids is 2. The number of aromatic nitrogens is 1. The molecule has 1 amide bonds. The van der Waals surface area contributed by atoms with Gasteiger partial charge in [-0.2, -0.15) is 0 Å². The van der Waals surface area contributed by atoms with E-state index in [1.165, 1.54) is 7.11 Å². The quantitative estimate of drug-likeness (QED) is 0.333. The summed E-state index contributed by atoms with van der Waals surface area (Å²) in [4.78, 5) is 29.5. The molecule has 0 bridgehead atoms. The molecule has 0 aliphatic heterocycles. The minimum absolute atomic E-state index is 0.218. The second-order valence-corrected chi connectivity index (χ2v) is 9.91. The highest BCUT2D eigenvalue weighted by molar-refractivity contribution is 5.87. The fourth-order valence-electron chi connectivity index (χ4n) is 4.34. The fourth-order valence-corrected chi connectivity index (χ4v) is 4.34. The normalized spacial score (nSPS) is 12.8.